The van der Waals surface area contributed by atoms with Gasteiger partial charge >= 0.3 is 5.97 Å². The third-order valence-electron chi connectivity index (χ3n) is 5.94. The molecule has 3 rings (SSSR count). The zero-order valence-corrected chi connectivity index (χ0v) is 13.7. The minimum atomic E-state index is -0.885. The quantitative estimate of drug-likeness (QED) is 0.862. The molecule has 0 spiro atoms. The Morgan fingerprint density at radius 1 is 0.909 bits per heavy atom. The zero-order chi connectivity index (χ0) is 15.9. The molecular weight excluding hydrogens is 276 g/mol. The van der Waals surface area contributed by atoms with Crippen molar-refractivity contribution in [3.63, 3.8) is 0 Å². The summed E-state index contributed by atoms with van der Waals surface area (Å²) in [5, 5.41) is 20.8. The number of phenols is 1. The molecule has 120 valence electrons. The maximum Gasteiger partial charge on any atom is 0.314 e. The van der Waals surface area contributed by atoms with Crippen molar-refractivity contribution in [1.82, 2.24) is 0 Å². The molecule has 0 radical (unpaired) electrons. The van der Waals surface area contributed by atoms with E-state index in [0.717, 1.165) is 61.6 Å². The van der Waals surface area contributed by atoms with Crippen LogP contribution in [0, 0.1) is 13.8 Å². The first-order chi connectivity index (χ1) is 10.5. The molecule has 0 atom stereocenters. The standard InChI is InChI=1S/C19H26O3/c1-12-14-8-4-5-9-15(14)13(2)17(20)16(12)19(18(21)22)10-6-3-7-11-19/h20H,3-11H2,1-2H3,(H,21,22). The van der Waals surface area contributed by atoms with E-state index in [1.165, 1.54) is 11.1 Å². The van der Waals surface area contributed by atoms with Crippen LogP contribution in [0.4, 0.5) is 0 Å². The first-order valence-corrected chi connectivity index (χ1v) is 8.57. The average Bonchev–Trinajstić information content (AvgIpc) is 2.53. The minimum absolute atomic E-state index is 0.252. The monoisotopic (exact) mass is 302 g/mol. The molecule has 3 nitrogen and oxygen atoms in total. The molecule has 22 heavy (non-hydrogen) atoms. The first-order valence-electron chi connectivity index (χ1n) is 8.57. The van der Waals surface area contributed by atoms with Gasteiger partial charge in [-0.2, -0.15) is 0 Å². The van der Waals surface area contributed by atoms with Gasteiger partial charge in [-0.05, 0) is 74.6 Å². The van der Waals surface area contributed by atoms with Crippen LogP contribution in [0.15, 0.2) is 0 Å². The van der Waals surface area contributed by atoms with Gasteiger partial charge in [0.05, 0.1) is 5.41 Å². The zero-order valence-electron chi connectivity index (χ0n) is 13.7. The van der Waals surface area contributed by atoms with Gasteiger partial charge in [0.2, 0.25) is 0 Å². The van der Waals surface area contributed by atoms with Crippen molar-refractivity contribution >= 4 is 5.97 Å². The molecule has 1 saturated carbocycles. The molecule has 3 heteroatoms. The summed E-state index contributed by atoms with van der Waals surface area (Å²) in [6.07, 6.45) is 8.61. The van der Waals surface area contributed by atoms with Crippen LogP contribution < -0.4 is 0 Å². The molecular formula is C19H26O3. The van der Waals surface area contributed by atoms with Crippen molar-refractivity contribution in [2.75, 3.05) is 0 Å². The Labute approximate surface area is 132 Å². The maximum absolute atomic E-state index is 12.1. The number of carboxylic acids is 1. The lowest BCUT2D eigenvalue weighted by molar-refractivity contribution is -0.145. The van der Waals surface area contributed by atoms with Gasteiger partial charge in [0, 0.05) is 5.56 Å². The van der Waals surface area contributed by atoms with Crippen molar-refractivity contribution in [3.05, 3.63) is 27.8 Å². The predicted octanol–water partition coefficient (Wildman–Crippen LogP) is 4.17. The second kappa shape index (κ2) is 5.60. The Bertz CT molecular complexity index is 610. The van der Waals surface area contributed by atoms with Gasteiger partial charge in [0.15, 0.2) is 0 Å². The van der Waals surface area contributed by atoms with Crippen LogP contribution in [-0.4, -0.2) is 16.2 Å². The molecule has 0 unspecified atom stereocenters. The number of carbonyl (C=O) groups is 1. The number of benzene rings is 1. The summed E-state index contributed by atoms with van der Waals surface area (Å²) in [4.78, 5) is 12.1. The predicted molar refractivity (Wildman–Crippen MR) is 86.6 cm³/mol. The Balaban J connectivity index is 2.25. The summed E-state index contributed by atoms with van der Waals surface area (Å²) >= 11 is 0. The molecule has 2 N–H and O–H groups in total. The van der Waals surface area contributed by atoms with Crippen LogP contribution in [0.1, 0.15) is 72.8 Å². The van der Waals surface area contributed by atoms with Gasteiger partial charge in [-0.25, -0.2) is 0 Å². The molecule has 0 aromatic heterocycles. The lowest BCUT2D eigenvalue weighted by Crippen LogP contribution is -2.39. The van der Waals surface area contributed by atoms with E-state index in [-0.39, 0.29) is 5.75 Å². The molecule has 0 amide bonds. The number of aliphatic carboxylic acids is 1. The second-order valence-corrected chi connectivity index (χ2v) is 7.09. The third kappa shape index (κ3) is 2.13. The van der Waals surface area contributed by atoms with Crippen molar-refractivity contribution in [2.24, 2.45) is 0 Å². The molecule has 1 aromatic carbocycles. The summed E-state index contributed by atoms with van der Waals surface area (Å²) in [7, 11) is 0. The Kier molecular flexibility index (Phi) is 3.92. The largest absolute Gasteiger partial charge is 0.507 e. The van der Waals surface area contributed by atoms with Gasteiger partial charge in [0.1, 0.15) is 5.75 Å². The fourth-order valence-electron chi connectivity index (χ4n) is 4.70. The normalized spacial score (nSPS) is 20.5. The number of carboxylic acid groups (broad SMARTS) is 1. The Morgan fingerprint density at radius 3 is 2.00 bits per heavy atom. The molecule has 2 aliphatic carbocycles. The molecule has 0 heterocycles. The Hall–Kier alpha value is -1.51. The fourth-order valence-corrected chi connectivity index (χ4v) is 4.70. The summed E-state index contributed by atoms with van der Waals surface area (Å²) in [5.41, 5.74) is 4.37. The summed E-state index contributed by atoms with van der Waals surface area (Å²) in [6, 6.07) is 0. The number of phenolic OH excluding ortho intramolecular Hbond substituents is 1. The topological polar surface area (TPSA) is 57.5 Å². The number of aromatic hydroxyl groups is 1. The van der Waals surface area contributed by atoms with E-state index < -0.39 is 11.4 Å². The highest BCUT2D eigenvalue weighted by atomic mass is 16.4. The van der Waals surface area contributed by atoms with Gasteiger partial charge in [-0.15, -0.1) is 0 Å². The van der Waals surface area contributed by atoms with Crippen LogP contribution in [0.3, 0.4) is 0 Å². The van der Waals surface area contributed by atoms with Gasteiger partial charge in [-0.1, -0.05) is 19.3 Å². The third-order valence-corrected chi connectivity index (χ3v) is 5.94. The van der Waals surface area contributed by atoms with Crippen molar-refractivity contribution < 1.29 is 15.0 Å². The highest BCUT2D eigenvalue weighted by Crippen LogP contribution is 2.48. The van der Waals surface area contributed by atoms with Crippen LogP contribution >= 0.6 is 0 Å². The van der Waals surface area contributed by atoms with E-state index in [0.29, 0.717) is 12.8 Å². The molecule has 1 fully saturated rings. The van der Waals surface area contributed by atoms with Gasteiger partial charge in [-0.3, -0.25) is 4.79 Å². The van der Waals surface area contributed by atoms with Crippen LogP contribution in [-0.2, 0) is 23.1 Å². The van der Waals surface area contributed by atoms with E-state index >= 15 is 0 Å². The SMILES string of the molecule is Cc1c(O)c(C2(C(=O)O)CCCCC2)c(C)c2c1CCCC2. The lowest BCUT2D eigenvalue weighted by atomic mass is 9.66. The molecule has 0 bridgehead atoms. The molecule has 1 aromatic rings. The van der Waals surface area contributed by atoms with Crippen LogP contribution in [0.2, 0.25) is 0 Å². The number of hydrogen-bond acceptors (Lipinski definition) is 2. The highest BCUT2D eigenvalue weighted by Gasteiger charge is 2.45. The Morgan fingerprint density at radius 2 is 1.45 bits per heavy atom. The average molecular weight is 302 g/mol. The summed E-state index contributed by atoms with van der Waals surface area (Å²) < 4.78 is 0. The number of hydrogen-bond donors (Lipinski definition) is 2. The summed E-state index contributed by atoms with van der Waals surface area (Å²) in [5.74, 6) is -0.511. The van der Waals surface area contributed by atoms with E-state index in [9.17, 15) is 15.0 Å². The van der Waals surface area contributed by atoms with Crippen LogP contribution in [0.5, 0.6) is 5.75 Å². The van der Waals surface area contributed by atoms with Crippen LogP contribution in [0.25, 0.3) is 0 Å². The molecule has 0 aliphatic heterocycles. The van der Waals surface area contributed by atoms with Crippen molar-refractivity contribution in [3.8, 4) is 5.75 Å². The lowest BCUT2D eigenvalue weighted by Gasteiger charge is -2.37. The van der Waals surface area contributed by atoms with Gasteiger partial charge in [0.25, 0.3) is 0 Å². The van der Waals surface area contributed by atoms with E-state index in [2.05, 4.69) is 0 Å². The summed E-state index contributed by atoms with van der Waals surface area (Å²) in [6.45, 7) is 3.98. The number of rotatable bonds is 2. The van der Waals surface area contributed by atoms with E-state index in [1.54, 1.807) is 0 Å². The minimum Gasteiger partial charge on any atom is -0.507 e. The van der Waals surface area contributed by atoms with E-state index in [4.69, 9.17) is 0 Å². The van der Waals surface area contributed by atoms with Gasteiger partial charge < -0.3 is 10.2 Å². The second-order valence-electron chi connectivity index (χ2n) is 7.09. The molecule has 2 aliphatic rings. The fraction of sp³-hybridized carbons (Fsp3) is 0.632. The number of fused-ring (bicyclic) bond motifs is 1. The van der Waals surface area contributed by atoms with E-state index in [1.807, 2.05) is 13.8 Å². The van der Waals surface area contributed by atoms with Crippen molar-refractivity contribution in [2.45, 2.75) is 77.0 Å². The highest BCUT2D eigenvalue weighted by molar-refractivity contribution is 5.84. The van der Waals surface area contributed by atoms with Crippen molar-refractivity contribution in [1.29, 1.82) is 0 Å². The maximum atomic E-state index is 12.1. The molecule has 0 saturated heterocycles. The first kappa shape index (κ1) is 15.4. The smallest absolute Gasteiger partial charge is 0.314 e.